The zero-order valence-corrected chi connectivity index (χ0v) is 13.0. The summed E-state index contributed by atoms with van der Waals surface area (Å²) in [6.45, 7) is 6.54. The molecule has 0 radical (unpaired) electrons. The van der Waals surface area contributed by atoms with E-state index in [1.54, 1.807) is 13.0 Å². The molecule has 0 saturated heterocycles. The van der Waals surface area contributed by atoms with Crippen molar-refractivity contribution in [3.8, 4) is 5.88 Å². The maximum atomic E-state index is 12.0. The summed E-state index contributed by atoms with van der Waals surface area (Å²) in [4.78, 5) is 16.2. The molecule has 0 amide bonds. The van der Waals surface area contributed by atoms with E-state index in [2.05, 4.69) is 18.8 Å². The number of rotatable bonds is 4. The minimum atomic E-state index is -0.441. The minimum absolute atomic E-state index is 0.0908. The lowest BCUT2D eigenvalue weighted by molar-refractivity contribution is 0.0507. The minimum Gasteiger partial charge on any atom is -0.474 e. The van der Waals surface area contributed by atoms with Gasteiger partial charge in [0.2, 0.25) is 5.88 Å². The lowest BCUT2D eigenvalue weighted by Crippen LogP contribution is -2.29. The Labute approximate surface area is 125 Å². The van der Waals surface area contributed by atoms with Crippen LogP contribution in [0.4, 0.5) is 5.69 Å². The van der Waals surface area contributed by atoms with Gasteiger partial charge < -0.3 is 15.2 Å². The molecule has 21 heavy (non-hydrogen) atoms. The summed E-state index contributed by atoms with van der Waals surface area (Å²) in [5.74, 6) is 1.13. The standard InChI is InChI=1S/C16H24N2O3/c1-4-20-16(19)14-8-12(17)9-18-15(14)21-13-6-10(2)5-11(3)7-13/h8-11,13H,4-7,17H2,1-3H3. The number of hydrogen-bond acceptors (Lipinski definition) is 5. The summed E-state index contributed by atoms with van der Waals surface area (Å²) in [6, 6.07) is 1.57. The summed E-state index contributed by atoms with van der Waals surface area (Å²) in [5.41, 5.74) is 6.45. The van der Waals surface area contributed by atoms with E-state index in [0.717, 1.165) is 12.8 Å². The predicted molar refractivity (Wildman–Crippen MR) is 81.2 cm³/mol. The van der Waals surface area contributed by atoms with E-state index in [-0.39, 0.29) is 6.10 Å². The van der Waals surface area contributed by atoms with Crippen molar-refractivity contribution in [2.24, 2.45) is 11.8 Å². The third kappa shape index (κ3) is 4.09. The fourth-order valence-corrected chi connectivity index (χ4v) is 3.04. The highest BCUT2D eigenvalue weighted by Crippen LogP contribution is 2.32. The van der Waals surface area contributed by atoms with Crippen LogP contribution in [0.25, 0.3) is 0 Å². The van der Waals surface area contributed by atoms with Crippen LogP contribution >= 0.6 is 0 Å². The van der Waals surface area contributed by atoms with Crippen molar-refractivity contribution in [1.29, 1.82) is 0 Å². The second-order valence-electron chi connectivity index (χ2n) is 6.00. The van der Waals surface area contributed by atoms with Crippen molar-refractivity contribution in [2.75, 3.05) is 12.3 Å². The molecule has 116 valence electrons. The van der Waals surface area contributed by atoms with Gasteiger partial charge >= 0.3 is 5.97 Å². The summed E-state index contributed by atoms with van der Waals surface area (Å²) in [6.07, 6.45) is 4.79. The van der Waals surface area contributed by atoms with E-state index in [9.17, 15) is 4.79 Å². The summed E-state index contributed by atoms with van der Waals surface area (Å²) < 4.78 is 11.0. The van der Waals surface area contributed by atoms with Crippen LogP contribution in [0.15, 0.2) is 12.3 Å². The van der Waals surface area contributed by atoms with Crippen molar-refractivity contribution in [3.05, 3.63) is 17.8 Å². The molecule has 2 unspecified atom stereocenters. The summed E-state index contributed by atoms with van der Waals surface area (Å²) >= 11 is 0. The topological polar surface area (TPSA) is 74.4 Å². The average molecular weight is 292 g/mol. The van der Waals surface area contributed by atoms with Gasteiger partial charge in [-0.1, -0.05) is 13.8 Å². The molecular weight excluding hydrogens is 268 g/mol. The number of nitrogen functional groups attached to an aromatic ring is 1. The normalized spacial score (nSPS) is 25.4. The van der Waals surface area contributed by atoms with Crippen LogP contribution < -0.4 is 10.5 Å². The third-order valence-electron chi connectivity index (χ3n) is 3.78. The van der Waals surface area contributed by atoms with Gasteiger partial charge in [-0.25, -0.2) is 9.78 Å². The Kier molecular flexibility index (Phi) is 5.04. The van der Waals surface area contributed by atoms with Crippen molar-refractivity contribution in [1.82, 2.24) is 4.98 Å². The lowest BCUT2D eigenvalue weighted by atomic mass is 9.82. The van der Waals surface area contributed by atoms with Gasteiger partial charge in [0.25, 0.3) is 0 Å². The Morgan fingerprint density at radius 3 is 2.62 bits per heavy atom. The number of nitrogens with two attached hydrogens (primary N) is 1. The Hall–Kier alpha value is -1.78. The molecule has 1 aromatic rings. The molecule has 5 heteroatoms. The van der Waals surface area contributed by atoms with Crippen LogP contribution in [0, 0.1) is 11.8 Å². The number of ether oxygens (including phenoxy) is 2. The molecule has 1 aliphatic carbocycles. The van der Waals surface area contributed by atoms with E-state index in [0.29, 0.717) is 35.6 Å². The van der Waals surface area contributed by atoms with Gasteiger partial charge in [0.1, 0.15) is 11.7 Å². The highest BCUT2D eigenvalue weighted by molar-refractivity contribution is 5.92. The SMILES string of the molecule is CCOC(=O)c1cc(N)cnc1OC1CC(C)CC(C)C1. The Morgan fingerprint density at radius 1 is 1.33 bits per heavy atom. The quantitative estimate of drug-likeness (QED) is 0.863. The van der Waals surface area contributed by atoms with Crippen molar-refractivity contribution in [2.45, 2.75) is 46.1 Å². The van der Waals surface area contributed by atoms with Gasteiger partial charge in [0.05, 0.1) is 18.5 Å². The summed E-state index contributed by atoms with van der Waals surface area (Å²) in [5, 5.41) is 0. The van der Waals surface area contributed by atoms with E-state index < -0.39 is 5.97 Å². The Balaban J connectivity index is 2.17. The Morgan fingerprint density at radius 2 is 2.00 bits per heavy atom. The van der Waals surface area contributed by atoms with Crippen molar-refractivity contribution < 1.29 is 14.3 Å². The largest absolute Gasteiger partial charge is 0.474 e. The van der Waals surface area contributed by atoms with Crippen LogP contribution in [0.5, 0.6) is 5.88 Å². The molecule has 2 N–H and O–H groups in total. The first-order valence-electron chi connectivity index (χ1n) is 7.58. The zero-order chi connectivity index (χ0) is 15.4. The highest BCUT2D eigenvalue weighted by atomic mass is 16.5. The second-order valence-corrected chi connectivity index (χ2v) is 6.00. The molecule has 2 atom stereocenters. The maximum absolute atomic E-state index is 12.0. The average Bonchev–Trinajstić information content (AvgIpc) is 2.40. The first-order chi connectivity index (χ1) is 9.99. The molecule has 0 aliphatic heterocycles. The number of nitrogens with zero attached hydrogens (tertiary/aromatic N) is 1. The first-order valence-corrected chi connectivity index (χ1v) is 7.58. The van der Waals surface area contributed by atoms with Crippen LogP contribution in [0.3, 0.4) is 0 Å². The number of carbonyl (C=O) groups is 1. The van der Waals surface area contributed by atoms with E-state index >= 15 is 0 Å². The fourth-order valence-electron chi connectivity index (χ4n) is 3.04. The number of esters is 1. The van der Waals surface area contributed by atoms with Gasteiger partial charge in [-0.05, 0) is 44.1 Å². The third-order valence-corrected chi connectivity index (χ3v) is 3.78. The number of anilines is 1. The molecule has 0 bridgehead atoms. The highest BCUT2D eigenvalue weighted by Gasteiger charge is 2.27. The summed E-state index contributed by atoms with van der Waals surface area (Å²) in [7, 11) is 0. The first kappa shape index (κ1) is 15.6. The van der Waals surface area contributed by atoms with Gasteiger partial charge in [0.15, 0.2) is 0 Å². The smallest absolute Gasteiger partial charge is 0.343 e. The monoisotopic (exact) mass is 292 g/mol. The molecule has 0 aromatic carbocycles. The van der Waals surface area contributed by atoms with E-state index in [1.165, 1.54) is 12.6 Å². The fraction of sp³-hybridized carbons (Fsp3) is 0.625. The molecule has 1 saturated carbocycles. The van der Waals surface area contributed by atoms with E-state index in [4.69, 9.17) is 15.2 Å². The maximum Gasteiger partial charge on any atom is 0.343 e. The van der Waals surface area contributed by atoms with Crippen molar-refractivity contribution >= 4 is 11.7 Å². The molecule has 1 aromatic heterocycles. The molecule has 2 rings (SSSR count). The molecule has 0 spiro atoms. The van der Waals surface area contributed by atoms with Gasteiger partial charge in [-0.2, -0.15) is 0 Å². The molecule has 1 fully saturated rings. The Bertz CT molecular complexity index is 494. The number of pyridine rings is 1. The van der Waals surface area contributed by atoms with Gasteiger partial charge in [-0.3, -0.25) is 0 Å². The number of aromatic nitrogens is 1. The molecule has 1 aliphatic rings. The zero-order valence-electron chi connectivity index (χ0n) is 13.0. The van der Waals surface area contributed by atoms with Crippen LogP contribution in [-0.4, -0.2) is 23.7 Å². The molecule has 5 nitrogen and oxygen atoms in total. The predicted octanol–water partition coefficient (Wildman–Crippen LogP) is 3.04. The van der Waals surface area contributed by atoms with Crippen LogP contribution in [0.1, 0.15) is 50.4 Å². The van der Waals surface area contributed by atoms with Crippen molar-refractivity contribution in [3.63, 3.8) is 0 Å². The molecule has 1 heterocycles. The van der Waals surface area contributed by atoms with E-state index in [1.807, 2.05) is 0 Å². The van der Waals surface area contributed by atoms with Gasteiger partial charge in [-0.15, -0.1) is 0 Å². The van der Waals surface area contributed by atoms with Crippen LogP contribution in [0.2, 0.25) is 0 Å². The lowest BCUT2D eigenvalue weighted by Gasteiger charge is -2.31. The number of carbonyl (C=O) groups excluding carboxylic acids is 1. The van der Waals surface area contributed by atoms with Gasteiger partial charge in [0, 0.05) is 0 Å². The second kappa shape index (κ2) is 6.78. The molecular formula is C16H24N2O3. The van der Waals surface area contributed by atoms with Crippen LogP contribution in [-0.2, 0) is 4.74 Å². The number of hydrogen-bond donors (Lipinski definition) is 1.